The van der Waals surface area contributed by atoms with E-state index in [4.69, 9.17) is 4.98 Å². The van der Waals surface area contributed by atoms with Crippen LogP contribution in [0.25, 0.3) is 0 Å². The fourth-order valence-corrected chi connectivity index (χ4v) is 3.47. The van der Waals surface area contributed by atoms with Crippen molar-refractivity contribution in [2.24, 2.45) is 0 Å². The second-order valence-electron chi connectivity index (χ2n) is 7.34. The van der Waals surface area contributed by atoms with Gasteiger partial charge in [-0.25, -0.2) is 0 Å². The summed E-state index contributed by atoms with van der Waals surface area (Å²) in [4.78, 5) is 20.5. The van der Waals surface area contributed by atoms with Gasteiger partial charge in [-0.2, -0.15) is 13.2 Å². The van der Waals surface area contributed by atoms with Gasteiger partial charge in [-0.3, -0.25) is 14.7 Å². The van der Waals surface area contributed by atoms with Gasteiger partial charge >= 0.3 is 6.18 Å². The summed E-state index contributed by atoms with van der Waals surface area (Å²) in [5.74, 6) is 0.0628. The molecule has 3 rings (SSSR count). The number of aromatic nitrogens is 1. The van der Waals surface area contributed by atoms with Crippen molar-refractivity contribution in [2.45, 2.75) is 31.5 Å². The predicted octanol–water partition coefficient (Wildman–Crippen LogP) is 3.92. The van der Waals surface area contributed by atoms with Gasteiger partial charge in [-0.05, 0) is 49.2 Å². The number of nitrogens with zero attached hydrogens (tertiary/aromatic N) is 3. The molecule has 7 heteroatoms. The zero-order chi connectivity index (χ0) is 20.3. The van der Waals surface area contributed by atoms with Crippen LogP contribution in [0.2, 0.25) is 0 Å². The fraction of sp³-hybridized carbons (Fsp3) is 0.429. The lowest BCUT2D eigenvalue weighted by molar-refractivity contribution is -0.137. The highest BCUT2D eigenvalue weighted by atomic mass is 19.4. The first-order valence-electron chi connectivity index (χ1n) is 9.30. The van der Waals surface area contributed by atoms with E-state index in [0.29, 0.717) is 13.0 Å². The Labute approximate surface area is 163 Å². The number of benzene rings is 1. The third kappa shape index (κ3) is 4.90. The molecule has 1 atom stereocenters. The molecule has 150 valence electrons. The van der Waals surface area contributed by atoms with Crippen LogP contribution in [-0.4, -0.2) is 47.9 Å². The van der Waals surface area contributed by atoms with Crippen LogP contribution in [0.3, 0.4) is 0 Å². The Bertz CT molecular complexity index is 818. The van der Waals surface area contributed by atoms with Gasteiger partial charge in [-0.15, -0.1) is 0 Å². The van der Waals surface area contributed by atoms with Crippen molar-refractivity contribution in [2.75, 3.05) is 27.2 Å². The summed E-state index contributed by atoms with van der Waals surface area (Å²) >= 11 is 0. The molecular weight excluding hydrogens is 367 g/mol. The number of amides is 1. The van der Waals surface area contributed by atoms with Crippen molar-refractivity contribution in [1.82, 2.24) is 14.8 Å². The van der Waals surface area contributed by atoms with E-state index in [1.807, 2.05) is 18.2 Å². The molecule has 1 aromatic carbocycles. The van der Waals surface area contributed by atoms with Gasteiger partial charge in [0.2, 0.25) is 5.91 Å². The molecule has 1 aliphatic rings. The largest absolute Gasteiger partial charge is 0.416 e. The molecule has 1 fully saturated rings. The van der Waals surface area contributed by atoms with Crippen molar-refractivity contribution >= 4 is 5.91 Å². The van der Waals surface area contributed by atoms with Gasteiger partial charge in [0.15, 0.2) is 0 Å². The molecule has 1 aromatic heterocycles. The number of likely N-dealkylation sites (N-methyl/N-ethyl adjacent to an activating group) is 1. The van der Waals surface area contributed by atoms with E-state index in [0.717, 1.165) is 48.5 Å². The minimum atomic E-state index is -4.33. The second kappa shape index (κ2) is 8.31. The Hall–Kier alpha value is -2.41. The monoisotopic (exact) mass is 391 g/mol. The lowest BCUT2D eigenvalue weighted by Crippen LogP contribution is -2.36. The van der Waals surface area contributed by atoms with Crippen LogP contribution < -0.4 is 0 Å². The van der Waals surface area contributed by atoms with Crippen LogP contribution in [0.5, 0.6) is 0 Å². The zero-order valence-electron chi connectivity index (χ0n) is 16.0. The third-order valence-corrected chi connectivity index (χ3v) is 5.04. The maximum atomic E-state index is 12.7. The summed E-state index contributed by atoms with van der Waals surface area (Å²) in [6, 6.07) is 11.0. The Balaban J connectivity index is 1.72. The summed E-state index contributed by atoms with van der Waals surface area (Å²) in [6.45, 7) is 1.22. The molecule has 0 N–H and O–H groups in total. The maximum Gasteiger partial charge on any atom is 0.416 e. The molecule has 1 aliphatic heterocycles. The lowest BCUT2D eigenvalue weighted by Gasteiger charge is -2.25. The zero-order valence-corrected chi connectivity index (χ0v) is 16.0. The Kier molecular flexibility index (Phi) is 6.03. The van der Waals surface area contributed by atoms with Crippen molar-refractivity contribution in [3.8, 4) is 0 Å². The van der Waals surface area contributed by atoms with Gasteiger partial charge in [-0.1, -0.05) is 18.2 Å². The highest BCUT2D eigenvalue weighted by Gasteiger charge is 2.30. The lowest BCUT2D eigenvalue weighted by atomic mass is 10.1. The molecule has 0 saturated carbocycles. The van der Waals surface area contributed by atoms with E-state index in [-0.39, 0.29) is 11.9 Å². The Morgan fingerprint density at radius 1 is 1.18 bits per heavy atom. The Morgan fingerprint density at radius 3 is 2.54 bits per heavy atom. The van der Waals surface area contributed by atoms with E-state index in [1.54, 1.807) is 19.0 Å². The molecule has 1 amide bonds. The number of carbonyl (C=O) groups is 1. The maximum absolute atomic E-state index is 12.7. The van der Waals surface area contributed by atoms with E-state index >= 15 is 0 Å². The van der Waals surface area contributed by atoms with Crippen LogP contribution in [-0.2, 0) is 17.4 Å². The van der Waals surface area contributed by atoms with E-state index < -0.39 is 11.7 Å². The molecular formula is C21H24F3N3O. The van der Waals surface area contributed by atoms with E-state index in [9.17, 15) is 18.0 Å². The number of hydrogen-bond acceptors (Lipinski definition) is 3. The fourth-order valence-electron chi connectivity index (χ4n) is 3.47. The number of pyridine rings is 1. The van der Waals surface area contributed by atoms with Crippen molar-refractivity contribution in [3.05, 3.63) is 65.0 Å². The third-order valence-electron chi connectivity index (χ3n) is 5.04. The first-order valence-corrected chi connectivity index (χ1v) is 9.30. The quantitative estimate of drug-likeness (QED) is 0.775. The number of likely N-dealkylation sites (tertiary alicyclic amines) is 1. The minimum absolute atomic E-state index is 0.0628. The van der Waals surface area contributed by atoms with E-state index in [2.05, 4.69) is 4.90 Å². The smallest absolute Gasteiger partial charge is 0.348 e. The van der Waals surface area contributed by atoms with Crippen LogP contribution in [0.4, 0.5) is 13.2 Å². The van der Waals surface area contributed by atoms with Gasteiger partial charge in [0.05, 0.1) is 23.8 Å². The second-order valence-corrected chi connectivity index (χ2v) is 7.34. The van der Waals surface area contributed by atoms with Gasteiger partial charge in [0.1, 0.15) is 0 Å². The van der Waals surface area contributed by atoms with Crippen LogP contribution in [0, 0.1) is 0 Å². The molecule has 2 aromatic rings. The van der Waals surface area contributed by atoms with Crippen molar-refractivity contribution in [1.29, 1.82) is 0 Å². The summed E-state index contributed by atoms with van der Waals surface area (Å²) in [6.07, 6.45) is -1.91. The predicted molar refractivity (Wildman–Crippen MR) is 101 cm³/mol. The molecule has 0 aliphatic carbocycles. The number of carbonyl (C=O) groups excluding carboxylic acids is 1. The Morgan fingerprint density at radius 2 is 1.89 bits per heavy atom. The average Bonchev–Trinajstić information content (AvgIpc) is 3.09. The standard InChI is InChI=1S/C21H24F3N3O/c1-26(2)20(28)14-27-12-4-7-19(27)18-6-3-5-17(25-18)13-15-8-10-16(11-9-15)21(22,23)24/h3,5-6,8-11,19H,4,7,12-14H2,1-2H3/t19-/m0/s1. The van der Waals surface area contributed by atoms with Crippen LogP contribution in [0.15, 0.2) is 42.5 Å². The van der Waals surface area contributed by atoms with Crippen LogP contribution >= 0.6 is 0 Å². The van der Waals surface area contributed by atoms with Crippen molar-refractivity contribution in [3.63, 3.8) is 0 Å². The van der Waals surface area contributed by atoms with Crippen molar-refractivity contribution < 1.29 is 18.0 Å². The number of alkyl halides is 3. The van der Waals surface area contributed by atoms with Crippen LogP contribution in [0.1, 0.15) is 41.4 Å². The molecule has 0 spiro atoms. The molecule has 0 radical (unpaired) electrons. The SMILES string of the molecule is CN(C)C(=O)CN1CCC[C@H]1c1cccc(Cc2ccc(C(F)(F)F)cc2)n1. The summed E-state index contributed by atoms with van der Waals surface area (Å²) in [5, 5.41) is 0. The highest BCUT2D eigenvalue weighted by molar-refractivity contribution is 5.77. The highest BCUT2D eigenvalue weighted by Crippen LogP contribution is 2.31. The van der Waals surface area contributed by atoms with Gasteiger partial charge in [0.25, 0.3) is 0 Å². The molecule has 0 unspecified atom stereocenters. The number of hydrogen-bond donors (Lipinski definition) is 0. The summed E-state index contributed by atoms with van der Waals surface area (Å²) < 4.78 is 38.1. The molecule has 0 bridgehead atoms. The molecule has 2 heterocycles. The topological polar surface area (TPSA) is 36.4 Å². The van der Waals surface area contributed by atoms with E-state index in [1.165, 1.54) is 12.1 Å². The molecule has 1 saturated heterocycles. The average molecular weight is 391 g/mol. The van der Waals surface area contributed by atoms with Gasteiger partial charge < -0.3 is 4.90 Å². The molecule has 4 nitrogen and oxygen atoms in total. The summed E-state index contributed by atoms with van der Waals surface area (Å²) in [5.41, 5.74) is 1.85. The first-order chi connectivity index (χ1) is 13.2. The van der Waals surface area contributed by atoms with Gasteiger partial charge in [0, 0.05) is 26.2 Å². The molecule has 28 heavy (non-hydrogen) atoms. The number of halogens is 3. The summed E-state index contributed by atoms with van der Waals surface area (Å²) in [7, 11) is 3.49. The number of rotatable bonds is 5. The normalized spacial score (nSPS) is 17.7. The first kappa shape index (κ1) is 20.3. The minimum Gasteiger partial charge on any atom is -0.348 e.